The molecular formula is C13H19N5O2. The lowest BCUT2D eigenvalue weighted by Gasteiger charge is -2.30. The summed E-state index contributed by atoms with van der Waals surface area (Å²) in [7, 11) is 0. The molecule has 7 nitrogen and oxygen atoms in total. The fourth-order valence-corrected chi connectivity index (χ4v) is 2.25. The van der Waals surface area contributed by atoms with Gasteiger partial charge in [-0.05, 0) is 0 Å². The molecular weight excluding hydrogens is 258 g/mol. The summed E-state index contributed by atoms with van der Waals surface area (Å²) in [4.78, 5) is 6.55. The molecule has 1 fully saturated rings. The maximum Gasteiger partial charge on any atom is 0.324 e. The molecule has 20 heavy (non-hydrogen) atoms. The largest absolute Gasteiger partial charge is 0.487 e. The third kappa shape index (κ3) is 2.76. The van der Waals surface area contributed by atoms with Crippen molar-refractivity contribution in [3.8, 4) is 5.75 Å². The van der Waals surface area contributed by atoms with E-state index in [1.165, 1.54) is 0 Å². The van der Waals surface area contributed by atoms with Gasteiger partial charge in [0.25, 0.3) is 0 Å². The Morgan fingerprint density at radius 2 is 2.20 bits per heavy atom. The van der Waals surface area contributed by atoms with Gasteiger partial charge >= 0.3 is 6.01 Å². The molecule has 0 saturated carbocycles. The first-order valence-electron chi connectivity index (χ1n) is 6.96. The minimum atomic E-state index is 0.219. The molecule has 0 radical (unpaired) electrons. The van der Waals surface area contributed by atoms with Crippen molar-refractivity contribution in [1.82, 2.24) is 20.3 Å². The Kier molecular flexibility index (Phi) is 3.58. The van der Waals surface area contributed by atoms with Crippen LogP contribution in [0.25, 0.3) is 0 Å². The smallest absolute Gasteiger partial charge is 0.324 e. The van der Waals surface area contributed by atoms with E-state index in [9.17, 15) is 0 Å². The molecule has 0 spiro atoms. The van der Waals surface area contributed by atoms with Crippen LogP contribution in [0.15, 0.2) is 16.9 Å². The number of ether oxygens (including phenoxy) is 1. The standard InChI is InChI=1S/C13H19N5O2/c1-9(2)12-16-13(20-17-12)18-5-3-10(4-6-18)19-11-7-14-15-8-11/h7-10H,3-6H2,1-2H3,(H,14,15). The molecule has 1 aliphatic heterocycles. The van der Waals surface area contributed by atoms with E-state index in [2.05, 4.69) is 39.1 Å². The Balaban J connectivity index is 1.55. The SMILES string of the molecule is CC(C)c1noc(N2CCC(Oc3cn[nH]c3)CC2)n1. The van der Waals surface area contributed by atoms with E-state index in [0.717, 1.165) is 37.5 Å². The van der Waals surface area contributed by atoms with Gasteiger partial charge in [0.15, 0.2) is 11.6 Å². The third-order valence-electron chi connectivity index (χ3n) is 3.44. The normalized spacial score (nSPS) is 16.9. The first-order valence-corrected chi connectivity index (χ1v) is 6.96. The van der Waals surface area contributed by atoms with Crippen molar-refractivity contribution in [3.63, 3.8) is 0 Å². The monoisotopic (exact) mass is 277 g/mol. The summed E-state index contributed by atoms with van der Waals surface area (Å²) in [6.07, 6.45) is 5.55. The van der Waals surface area contributed by atoms with Gasteiger partial charge in [-0.1, -0.05) is 19.0 Å². The van der Waals surface area contributed by atoms with Gasteiger partial charge in [-0.3, -0.25) is 5.10 Å². The predicted octanol–water partition coefficient (Wildman–Crippen LogP) is 1.96. The van der Waals surface area contributed by atoms with Gasteiger partial charge in [-0.2, -0.15) is 10.1 Å². The highest BCUT2D eigenvalue weighted by Gasteiger charge is 2.24. The molecule has 3 rings (SSSR count). The summed E-state index contributed by atoms with van der Waals surface area (Å²) in [6.45, 7) is 5.84. The summed E-state index contributed by atoms with van der Waals surface area (Å²) < 4.78 is 11.2. The van der Waals surface area contributed by atoms with Gasteiger partial charge in [-0.25, -0.2) is 0 Å². The summed E-state index contributed by atoms with van der Waals surface area (Å²) >= 11 is 0. The van der Waals surface area contributed by atoms with Crippen LogP contribution in [-0.4, -0.2) is 39.5 Å². The zero-order chi connectivity index (χ0) is 13.9. The number of aromatic amines is 1. The van der Waals surface area contributed by atoms with Crippen LogP contribution in [0.2, 0.25) is 0 Å². The summed E-state index contributed by atoms with van der Waals surface area (Å²) in [5, 5.41) is 10.6. The lowest BCUT2D eigenvalue weighted by atomic mass is 10.1. The highest BCUT2D eigenvalue weighted by Crippen LogP contribution is 2.22. The van der Waals surface area contributed by atoms with Crippen molar-refractivity contribution in [2.75, 3.05) is 18.0 Å². The van der Waals surface area contributed by atoms with Gasteiger partial charge in [0, 0.05) is 31.8 Å². The van der Waals surface area contributed by atoms with E-state index in [1.807, 2.05) is 0 Å². The molecule has 1 N–H and O–H groups in total. The first kappa shape index (κ1) is 13.0. The number of hydrogen-bond donors (Lipinski definition) is 1. The second-order valence-electron chi connectivity index (χ2n) is 5.33. The first-order chi connectivity index (χ1) is 9.72. The predicted molar refractivity (Wildman–Crippen MR) is 72.8 cm³/mol. The molecule has 1 saturated heterocycles. The number of rotatable bonds is 4. The van der Waals surface area contributed by atoms with Crippen molar-refractivity contribution >= 4 is 6.01 Å². The number of nitrogens with one attached hydrogen (secondary N) is 1. The van der Waals surface area contributed by atoms with Gasteiger partial charge in [0.2, 0.25) is 0 Å². The van der Waals surface area contributed by atoms with Crippen LogP contribution in [0.5, 0.6) is 5.75 Å². The van der Waals surface area contributed by atoms with E-state index in [1.54, 1.807) is 12.4 Å². The molecule has 0 amide bonds. The minimum Gasteiger partial charge on any atom is -0.487 e. The van der Waals surface area contributed by atoms with Gasteiger partial charge in [0.05, 0.1) is 12.4 Å². The van der Waals surface area contributed by atoms with E-state index in [-0.39, 0.29) is 12.0 Å². The minimum absolute atomic E-state index is 0.219. The Morgan fingerprint density at radius 3 is 2.80 bits per heavy atom. The van der Waals surface area contributed by atoms with Crippen LogP contribution in [0, 0.1) is 0 Å². The molecule has 0 aromatic carbocycles. The molecule has 2 aromatic rings. The van der Waals surface area contributed by atoms with Crippen LogP contribution in [-0.2, 0) is 0 Å². The van der Waals surface area contributed by atoms with Crippen LogP contribution in [0.1, 0.15) is 38.4 Å². The lowest BCUT2D eigenvalue weighted by molar-refractivity contribution is 0.168. The summed E-state index contributed by atoms with van der Waals surface area (Å²) in [5.74, 6) is 1.84. The Hall–Kier alpha value is -2.05. The lowest BCUT2D eigenvalue weighted by Crippen LogP contribution is -2.38. The van der Waals surface area contributed by atoms with Gasteiger partial charge in [-0.15, -0.1) is 0 Å². The molecule has 3 heterocycles. The average molecular weight is 277 g/mol. The highest BCUT2D eigenvalue weighted by atomic mass is 16.5. The van der Waals surface area contributed by atoms with Crippen LogP contribution in [0.4, 0.5) is 6.01 Å². The Morgan fingerprint density at radius 1 is 1.40 bits per heavy atom. The van der Waals surface area contributed by atoms with Crippen LogP contribution >= 0.6 is 0 Å². The average Bonchev–Trinajstić information content (AvgIpc) is 3.10. The van der Waals surface area contributed by atoms with E-state index >= 15 is 0 Å². The fraction of sp³-hybridized carbons (Fsp3) is 0.615. The molecule has 0 aliphatic carbocycles. The molecule has 7 heteroatoms. The molecule has 1 aliphatic rings. The van der Waals surface area contributed by atoms with E-state index in [0.29, 0.717) is 6.01 Å². The van der Waals surface area contributed by atoms with Crippen molar-refractivity contribution < 1.29 is 9.26 Å². The number of H-pyrrole nitrogens is 1. The molecule has 108 valence electrons. The quantitative estimate of drug-likeness (QED) is 0.920. The zero-order valence-electron chi connectivity index (χ0n) is 11.7. The number of nitrogens with zero attached hydrogens (tertiary/aromatic N) is 4. The topological polar surface area (TPSA) is 80.1 Å². The Labute approximate surface area is 117 Å². The van der Waals surface area contributed by atoms with E-state index < -0.39 is 0 Å². The zero-order valence-corrected chi connectivity index (χ0v) is 11.7. The van der Waals surface area contributed by atoms with Crippen molar-refractivity contribution in [3.05, 3.63) is 18.2 Å². The molecule has 0 atom stereocenters. The summed E-state index contributed by atoms with van der Waals surface area (Å²) in [5.41, 5.74) is 0. The highest BCUT2D eigenvalue weighted by molar-refractivity contribution is 5.26. The third-order valence-corrected chi connectivity index (χ3v) is 3.44. The van der Waals surface area contributed by atoms with Crippen LogP contribution in [0.3, 0.4) is 0 Å². The number of piperidine rings is 1. The van der Waals surface area contributed by atoms with Gasteiger partial charge < -0.3 is 14.2 Å². The van der Waals surface area contributed by atoms with Crippen molar-refractivity contribution in [2.45, 2.75) is 38.7 Å². The second kappa shape index (κ2) is 5.52. The molecule has 0 unspecified atom stereocenters. The molecule has 2 aromatic heterocycles. The Bertz CT molecular complexity index is 529. The molecule has 0 bridgehead atoms. The number of hydrogen-bond acceptors (Lipinski definition) is 6. The fourth-order valence-electron chi connectivity index (χ4n) is 2.25. The van der Waals surface area contributed by atoms with Gasteiger partial charge in [0.1, 0.15) is 6.10 Å². The summed E-state index contributed by atoms with van der Waals surface area (Å²) in [6, 6.07) is 0.621. The van der Waals surface area contributed by atoms with Crippen molar-refractivity contribution in [2.24, 2.45) is 0 Å². The maximum atomic E-state index is 5.84. The van der Waals surface area contributed by atoms with E-state index in [4.69, 9.17) is 9.26 Å². The van der Waals surface area contributed by atoms with Crippen molar-refractivity contribution in [1.29, 1.82) is 0 Å². The van der Waals surface area contributed by atoms with Crippen LogP contribution < -0.4 is 9.64 Å². The second-order valence-corrected chi connectivity index (χ2v) is 5.33. The maximum absolute atomic E-state index is 5.84. The number of aromatic nitrogens is 4. The number of anilines is 1.